The van der Waals surface area contributed by atoms with Crippen LogP contribution in [0, 0.1) is 11.7 Å². The Morgan fingerprint density at radius 3 is 2.84 bits per heavy atom. The van der Waals surface area contributed by atoms with Gasteiger partial charge in [-0.3, -0.25) is 4.79 Å². The Bertz CT molecular complexity index is 411. The molecule has 0 fully saturated rings. The van der Waals surface area contributed by atoms with Gasteiger partial charge in [-0.15, -0.1) is 0 Å². The van der Waals surface area contributed by atoms with E-state index in [0.717, 1.165) is 0 Å². The summed E-state index contributed by atoms with van der Waals surface area (Å²) in [5.41, 5.74) is 0. The lowest BCUT2D eigenvalue weighted by Gasteiger charge is -2.16. The summed E-state index contributed by atoms with van der Waals surface area (Å²) in [6, 6.07) is 5.67. The smallest absolute Gasteiger partial charge is 0.260 e. The number of aliphatic hydroxyl groups is 1. The zero-order chi connectivity index (χ0) is 14.3. The summed E-state index contributed by atoms with van der Waals surface area (Å²) in [6.45, 7) is 4.13. The number of rotatable bonds is 7. The molecule has 0 aromatic heterocycles. The van der Waals surface area contributed by atoms with Crippen molar-refractivity contribution in [3.05, 3.63) is 30.1 Å². The van der Waals surface area contributed by atoms with Crippen molar-refractivity contribution in [1.29, 1.82) is 0 Å². The molecule has 19 heavy (non-hydrogen) atoms. The van der Waals surface area contributed by atoms with Gasteiger partial charge in [0.2, 0.25) is 0 Å². The molecule has 1 amide bonds. The van der Waals surface area contributed by atoms with E-state index < -0.39 is 11.9 Å². The van der Waals surface area contributed by atoms with E-state index in [1.54, 1.807) is 13.0 Å². The molecular weight excluding hydrogens is 249 g/mol. The van der Waals surface area contributed by atoms with Crippen molar-refractivity contribution < 1.29 is 19.0 Å². The molecule has 4 nitrogen and oxygen atoms in total. The lowest BCUT2D eigenvalue weighted by molar-refractivity contribution is -0.127. The van der Waals surface area contributed by atoms with Crippen molar-refractivity contribution in [2.75, 3.05) is 13.2 Å². The molecule has 2 unspecified atom stereocenters. The van der Waals surface area contributed by atoms with Gasteiger partial charge in [0, 0.05) is 19.2 Å². The van der Waals surface area contributed by atoms with Crippen molar-refractivity contribution in [1.82, 2.24) is 5.32 Å². The van der Waals surface area contributed by atoms with Crippen LogP contribution in [0.5, 0.6) is 5.75 Å². The van der Waals surface area contributed by atoms with Gasteiger partial charge in [-0.2, -0.15) is 0 Å². The first-order valence-electron chi connectivity index (χ1n) is 6.33. The third-order valence-electron chi connectivity index (χ3n) is 2.72. The average molecular weight is 269 g/mol. The molecule has 106 valence electrons. The average Bonchev–Trinajstić information content (AvgIpc) is 2.36. The Balaban J connectivity index is 2.40. The van der Waals surface area contributed by atoms with Crippen LogP contribution in [0.25, 0.3) is 0 Å². The molecular formula is C14H20FNO3. The van der Waals surface area contributed by atoms with Gasteiger partial charge in [-0.1, -0.05) is 13.0 Å². The van der Waals surface area contributed by atoms with Crippen LogP contribution in [0.3, 0.4) is 0 Å². The number of hydrogen-bond donors (Lipinski definition) is 2. The number of benzene rings is 1. The lowest BCUT2D eigenvalue weighted by Crippen LogP contribution is -2.38. The van der Waals surface area contributed by atoms with Gasteiger partial charge in [-0.25, -0.2) is 4.39 Å². The molecule has 0 spiro atoms. The van der Waals surface area contributed by atoms with Crippen molar-refractivity contribution in [2.24, 2.45) is 5.92 Å². The number of carbonyl (C=O) groups is 1. The Hall–Kier alpha value is -1.62. The summed E-state index contributed by atoms with van der Waals surface area (Å²) < 4.78 is 18.3. The summed E-state index contributed by atoms with van der Waals surface area (Å²) in [5.74, 6) is -0.128. The maximum Gasteiger partial charge on any atom is 0.260 e. The van der Waals surface area contributed by atoms with Crippen LogP contribution in [-0.4, -0.2) is 30.3 Å². The van der Waals surface area contributed by atoms with Crippen LogP contribution in [0.4, 0.5) is 4.39 Å². The Morgan fingerprint density at radius 1 is 1.47 bits per heavy atom. The number of halogens is 1. The monoisotopic (exact) mass is 269 g/mol. The van der Waals surface area contributed by atoms with Crippen LogP contribution in [0.15, 0.2) is 24.3 Å². The summed E-state index contributed by atoms with van der Waals surface area (Å²) in [7, 11) is 0. The molecule has 0 aliphatic heterocycles. The second-order valence-corrected chi connectivity index (χ2v) is 4.58. The minimum atomic E-state index is -0.692. The number of ether oxygens (including phenoxy) is 1. The van der Waals surface area contributed by atoms with E-state index >= 15 is 0 Å². The fraction of sp³-hybridized carbons (Fsp3) is 0.500. The normalized spacial score (nSPS) is 13.7. The molecule has 0 aliphatic rings. The van der Waals surface area contributed by atoms with Gasteiger partial charge in [-0.05, 0) is 31.4 Å². The molecule has 0 bridgehead atoms. The van der Waals surface area contributed by atoms with Gasteiger partial charge in [0.05, 0.1) is 0 Å². The second kappa shape index (κ2) is 7.74. The predicted molar refractivity (Wildman–Crippen MR) is 70.4 cm³/mol. The predicted octanol–water partition coefficient (Wildman–Crippen LogP) is 1.73. The molecule has 0 aliphatic carbocycles. The first-order chi connectivity index (χ1) is 9.02. The second-order valence-electron chi connectivity index (χ2n) is 4.58. The summed E-state index contributed by atoms with van der Waals surface area (Å²) in [5, 5.41) is 11.5. The van der Waals surface area contributed by atoms with Crippen LogP contribution in [0.2, 0.25) is 0 Å². The topological polar surface area (TPSA) is 58.6 Å². The number of amides is 1. The number of carbonyl (C=O) groups excluding carboxylic acids is 1. The Morgan fingerprint density at radius 2 is 2.21 bits per heavy atom. The van der Waals surface area contributed by atoms with E-state index in [9.17, 15) is 9.18 Å². The molecule has 2 N–H and O–H groups in total. The van der Waals surface area contributed by atoms with Crippen LogP contribution >= 0.6 is 0 Å². The molecule has 0 saturated carbocycles. The van der Waals surface area contributed by atoms with Gasteiger partial charge >= 0.3 is 0 Å². The zero-order valence-corrected chi connectivity index (χ0v) is 11.2. The van der Waals surface area contributed by atoms with Crippen molar-refractivity contribution >= 4 is 5.91 Å². The first kappa shape index (κ1) is 15.4. The number of aliphatic hydroxyl groups excluding tert-OH is 1. The Kier molecular flexibility index (Phi) is 6.29. The molecule has 0 saturated heterocycles. The molecule has 0 heterocycles. The number of hydrogen-bond acceptors (Lipinski definition) is 3. The fourth-order valence-corrected chi connectivity index (χ4v) is 1.54. The van der Waals surface area contributed by atoms with Gasteiger partial charge in [0.15, 0.2) is 6.10 Å². The number of nitrogens with one attached hydrogen (secondary N) is 1. The highest BCUT2D eigenvalue weighted by Crippen LogP contribution is 2.13. The van der Waals surface area contributed by atoms with E-state index in [0.29, 0.717) is 18.7 Å². The minimum Gasteiger partial charge on any atom is -0.481 e. The molecule has 1 aromatic rings. The maximum atomic E-state index is 13.0. The standard InChI is InChI=1S/C14H20FNO3/c1-10(6-7-17)9-16-14(18)11(2)19-13-5-3-4-12(15)8-13/h3-5,8,10-11,17H,6-7,9H2,1-2H3,(H,16,18). The summed E-state index contributed by atoms with van der Waals surface area (Å²) >= 11 is 0. The highest BCUT2D eigenvalue weighted by molar-refractivity contribution is 5.80. The highest BCUT2D eigenvalue weighted by atomic mass is 19.1. The van der Waals surface area contributed by atoms with Crippen molar-refractivity contribution in [2.45, 2.75) is 26.4 Å². The minimum absolute atomic E-state index is 0.104. The third-order valence-corrected chi connectivity index (χ3v) is 2.72. The van der Waals surface area contributed by atoms with Crippen LogP contribution < -0.4 is 10.1 Å². The third kappa shape index (κ3) is 5.70. The van der Waals surface area contributed by atoms with E-state index in [1.165, 1.54) is 18.2 Å². The summed E-state index contributed by atoms with van der Waals surface area (Å²) in [6.07, 6.45) is -0.0532. The first-order valence-corrected chi connectivity index (χ1v) is 6.33. The van der Waals surface area contributed by atoms with Crippen LogP contribution in [-0.2, 0) is 4.79 Å². The summed E-state index contributed by atoms with van der Waals surface area (Å²) in [4.78, 5) is 11.7. The highest BCUT2D eigenvalue weighted by Gasteiger charge is 2.15. The van der Waals surface area contributed by atoms with E-state index in [4.69, 9.17) is 9.84 Å². The van der Waals surface area contributed by atoms with E-state index in [-0.39, 0.29) is 18.4 Å². The van der Waals surface area contributed by atoms with Gasteiger partial charge in [0.1, 0.15) is 11.6 Å². The zero-order valence-electron chi connectivity index (χ0n) is 11.2. The largest absolute Gasteiger partial charge is 0.481 e. The van der Waals surface area contributed by atoms with Crippen molar-refractivity contribution in [3.8, 4) is 5.75 Å². The van der Waals surface area contributed by atoms with Crippen LogP contribution in [0.1, 0.15) is 20.3 Å². The molecule has 1 aromatic carbocycles. The fourth-order valence-electron chi connectivity index (χ4n) is 1.54. The molecule has 2 atom stereocenters. The van der Waals surface area contributed by atoms with Gasteiger partial charge in [0.25, 0.3) is 5.91 Å². The van der Waals surface area contributed by atoms with Crippen molar-refractivity contribution in [3.63, 3.8) is 0 Å². The SMILES string of the molecule is CC(CCO)CNC(=O)C(C)Oc1cccc(F)c1. The quantitative estimate of drug-likeness (QED) is 0.792. The van der Waals surface area contributed by atoms with E-state index in [2.05, 4.69) is 5.32 Å². The lowest BCUT2D eigenvalue weighted by atomic mass is 10.1. The molecule has 0 radical (unpaired) electrons. The molecule has 1 rings (SSSR count). The Labute approximate surface area is 112 Å². The van der Waals surface area contributed by atoms with Gasteiger partial charge < -0.3 is 15.2 Å². The molecule has 5 heteroatoms. The van der Waals surface area contributed by atoms with E-state index in [1.807, 2.05) is 6.92 Å². The maximum absolute atomic E-state index is 13.0.